The van der Waals surface area contributed by atoms with Crippen molar-refractivity contribution in [3.63, 3.8) is 0 Å². The van der Waals surface area contributed by atoms with Gasteiger partial charge in [-0.25, -0.2) is 9.37 Å². The molecule has 0 bridgehead atoms. The first-order chi connectivity index (χ1) is 12.2. The maximum Gasteiger partial charge on any atom is 0.228 e. The van der Waals surface area contributed by atoms with Gasteiger partial charge in [0.1, 0.15) is 11.6 Å². The van der Waals surface area contributed by atoms with E-state index in [1.807, 2.05) is 30.3 Å². The van der Waals surface area contributed by atoms with Crippen molar-refractivity contribution in [3.05, 3.63) is 89.9 Å². The van der Waals surface area contributed by atoms with Crippen LogP contribution in [0.5, 0.6) is 0 Å². The van der Waals surface area contributed by atoms with Gasteiger partial charge in [-0.2, -0.15) is 0 Å². The zero-order valence-corrected chi connectivity index (χ0v) is 13.6. The van der Waals surface area contributed by atoms with Gasteiger partial charge in [0.2, 0.25) is 5.91 Å². The lowest BCUT2D eigenvalue weighted by Gasteiger charge is -2.08. The Hall–Kier alpha value is -3.21. The van der Waals surface area contributed by atoms with E-state index in [0.717, 1.165) is 11.4 Å². The van der Waals surface area contributed by atoms with Crippen molar-refractivity contribution in [2.24, 2.45) is 0 Å². The molecule has 2 N–H and O–H groups in total. The summed E-state index contributed by atoms with van der Waals surface area (Å²) in [6.07, 6.45) is 1.71. The first-order valence-corrected chi connectivity index (χ1v) is 7.97. The van der Waals surface area contributed by atoms with Crippen LogP contribution in [0.3, 0.4) is 0 Å². The SMILES string of the molecule is O=C(Cc1cccc(F)c1)Nc1ccc(NCc2ccccc2)nc1. The second-order valence-corrected chi connectivity index (χ2v) is 5.63. The number of carbonyl (C=O) groups is 1. The molecular formula is C20H18FN3O. The van der Waals surface area contributed by atoms with Crippen molar-refractivity contribution in [1.29, 1.82) is 0 Å². The van der Waals surface area contributed by atoms with E-state index in [9.17, 15) is 9.18 Å². The molecule has 0 fully saturated rings. The van der Waals surface area contributed by atoms with E-state index < -0.39 is 0 Å². The molecule has 3 rings (SSSR count). The van der Waals surface area contributed by atoms with Crippen LogP contribution in [0.15, 0.2) is 72.9 Å². The number of pyridine rings is 1. The van der Waals surface area contributed by atoms with Crippen LogP contribution in [0, 0.1) is 5.82 Å². The molecular weight excluding hydrogens is 317 g/mol. The molecule has 3 aromatic rings. The van der Waals surface area contributed by atoms with Crippen molar-refractivity contribution < 1.29 is 9.18 Å². The molecule has 1 amide bonds. The largest absolute Gasteiger partial charge is 0.366 e. The third-order valence-electron chi connectivity index (χ3n) is 3.62. The predicted molar refractivity (Wildman–Crippen MR) is 96.7 cm³/mol. The summed E-state index contributed by atoms with van der Waals surface area (Å²) in [5, 5.41) is 5.98. The van der Waals surface area contributed by atoms with Gasteiger partial charge in [-0.05, 0) is 35.4 Å². The number of aromatic nitrogens is 1. The lowest BCUT2D eigenvalue weighted by molar-refractivity contribution is -0.115. The number of rotatable bonds is 6. The fourth-order valence-corrected chi connectivity index (χ4v) is 2.40. The van der Waals surface area contributed by atoms with Gasteiger partial charge < -0.3 is 10.6 Å². The van der Waals surface area contributed by atoms with E-state index in [1.54, 1.807) is 30.5 Å². The highest BCUT2D eigenvalue weighted by atomic mass is 19.1. The van der Waals surface area contributed by atoms with Crippen LogP contribution in [-0.4, -0.2) is 10.9 Å². The van der Waals surface area contributed by atoms with Crippen LogP contribution in [0.25, 0.3) is 0 Å². The Morgan fingerprint density at radius 3 is 2.48 bits per heavy atom. The van der Waals surface area contributed by atoms with Crippen LogP contribution in [0.4, 0.5) is 15.9 Å². The highest BCUT2D eigenvalue weighted by Crippen LogP contribution is 2.12. The number of hydrogen-bond acceptors (Lipinski definition) is 3. The topological polar surface area (TPSA) is 54.0 Å². The van der Waals surface area contributed by atoms with Crippen LogP contribution in [0.2, 0.25) is 0 Å². The van der Waals surface area contributed by atoms with Gasteiger partial charge in [0, 0.05) is 6.54 Å². The summed E-state index contributed by atoms with van der Waals surface area (Å²) in [5.41, 5.74) is 2.40. The van der Waals surface area contributed by atoms with Gasteiger partial charge in [0.05, 0.1) is 18.3 Å². The molecule has 4 nitrogen and oxygen atoms in total. The number of anilines is 2. The third kappa shape index (κ3) is 5.14. The Morgan fingerprint density at radius 2 is 1.76 bits per heavy atom. The molecule has 0 aliphatic carbocycles. The summed E-state index contributed by atoms with van der Waals surface area (Å²) in [5.74, 6) is 0.171. The number of hydrogen-bond donors (Lipinski definition) is 2. The molecule has 1 heterocycles. The Bertz CT molecular complexity index is 835. The summed E-state index contributed by atoms with van der Waals surface area (Å²) in [6, 6.07) is 19.6. The number of benzene rings is 2. The molecule has 0 spiro atoms. The van der Waals surface area contributed by atoms with E-state index in [4.69, 9.17) is 0 Å². The fourth-order valence-electron chi connectivity index (χ4n) is 2.40. The average Bonchev–Trinajstić information content (AvgIpc) is 2.62. The minimum atomic E-state index is -0.346. The molecule has 0 saturated carbocycles. The predicted octanol–water partition coefficient (Wildman–Crippen LogP) is 4.01. The third-order valence-corrected chi connectivity index (χ3v) is 3.62. The smallest absolute Gasteiger partial charge is 0.228 e. The van der Waals surface area contributed by atoms with Gasteiger partial charge in [0.25, 0.3) is 0 Å². The molecule has 126 valence electrons. The molecule has 5 heteroatoms. The number of nitrogens with one attached hydrogen (secondary N) is 2. The van der Waals surface area contributed by atoms with Crippen molar-refractivity contribution >= 4 is 17.4 Å². The average molecular weight is 335 g/mol. The van der Waals surface area contributed by atoms with Gasteiger partial charge in [-0.15, -0.1) is 0 Å². The van der Waals surface area contributed by atoms with E-state index in [0.29, 0.717) is 17.8 Å². The van der Waals surface area contributed by atoms with Crippen molar-refractivity contribution in [2.45, 2.75) is 13.0 Å². The van der Waals surface area contributed by atoms with Crippen LogP contribution < -0.4 is 10.6 Å². The molecule has 25 heavy (non-hydrogen) atoms. The standard InChI is InChI=1S/C20H18FN3O/c21-17-8-4-7-16(11-17)12-20(25)24-18-9-10-19(23-14-18)22-13-15-5-2-1-3-6-15/h1-11,14H,12-13H2,(H,22,23)(H,24,25). The van der Waals surface area contributed by atoms with Crippen LogP contribution in [0.1, 0.15) is 11.1 Å². The summed E-state index contributed by atoms with van der Waals surface area (Å²) in [7, 11) is 0. The highest BCUT2D eigenvalue weighted by Gasteiger charge is 2.05. The Balaban J connectivity index is 1.52. The second kappa shape index (κ2) is 8.06. The molecule has 0 saturated heterocycles. The highest BCUT2D eigenvalue weighted by molar-refractivity contribution is 5.92. The number of amides is 1. The first kappa shape index (κ1) is 16.6. The van der Waals surface area contributed by atoms with Gasteiger partial charge in [-0.3, -0.25) is 4.79 Å². The van der Waals surface area contributed by atoms with Crippen LogP contribution in [-0.2, 0) is 17.8 Å². The minimum Gasteiger partial charge on any atom is -0.366 e. The molecule has 0 radical (unpaired) electrons. The zero-order valence-electron chi connectivity index (χ0n) is 13.6. The summed E-state index contributed by atoms with van der Waals surface area (Å²) >= 11 is 0. The molecule has 0 aliphatic rings. The Labute approximate surface area is 145 Å². The Morgan fingerprint density at radius 1 is 0.960 bits per heavy atom. The number of halogens is 1. The van der Waals surface area contributed by atoms with Gasteiger partial charge in [-0.1, -0.05) is 42.5 Å². The van der Waals surface area contributed by atoms with Gasteiger partial charge >= 0.3 is 0 Å². The van der Waals surface area contributed by atoms with Gasteiger partial charge in [0.15, 0.2) is 0 Å². The zero-order chi connectivity index (χ0) is 17.5. The normalized spacial score (nSPS) is 10.3. The maximum atomic E-state index is 13.1. The second-order valence-electron chi connectivity index (χ2n) is 5.63. The minimum absolute atomic E-state index is 0.117. The van der Waals surface area contributed by atoms with Crippen molar-refractivity contribution in [2.75, 3.05) is 10.6 Å². The number of carbonyl (C=O) groups excluding carboxylic acids is 1. The molecule has 0 unspecified atom stereocenters. The number of nitrogens with zero attached hydrogens (tertiary/aromatic N) is 1. The quantitative estimate of drug-likeness (QED) is 0.715. The van der Waals surface area contributed by atoms with Crippen LogP contribution >= 0.6 is 0 Å². The molecule has 0 atom stereocenters. The van der Waals surface area contributed by atoms with E-state index in [1.165, 1.54) is 12.1 Å². The summed E-state index contributed by atoms with van der Waals surface area (Å²) in [6.45, 7) is 0.680. The summed E-state index contributed by atoms with van der Waals surface area (Å²) in [4.78, 5) is 16.3. The van der Waals surface area contributed by atoms with Crippen molar-refractivity contribution in [1.82, 2.24) is 4.98 Å². The first-order valence-electron chi connectivity index (χ1n) is 7.97. The monoisotopic (exact) mass is 335 g/mol. The Kier molecular flexibility index (Phi) is 5.36. The fraction of sp³-hybridized carbons (Fsp3) is 0.100. The maximum absolute atomic E-state index is 13.1. The molecule has 1 aromatic heterocycles. The van der Waals surface area contributed by atoms with E-state index in [2.05, 4.69) is 15.6 Å². The molecule has 0 aliphatic heterocycles. The van der Waals surface area contributed by atoms with E-state index in [-0.39, 0.29) is 18.1 Å². The lowest BCUT2D eigenvalue weighted by Crippen LogP contribution is -2.14. The lowest BCUT2D eigenvalue weighted by atomic mass is 10.1. The summed E-state index contributed by atoms with van der Waals surface area (Å²) < 4.78 is 13.1. The van der Waals surface area contributed by atoms with Crippen molar-refractivity contribution in [3.8, 4) is 0 Å². The molecule has 2 aromatic carbocycles. The van der Waals surface area contributed by atoms with E-state index >= 15 is 0 Å².